The number of hydrogen-bond acceptors (Lipinski definition) is 5. The molecule has 0 aliphatic carbocycles. The van der Waals surface area contributed by atoms with Gasteiger partial charge in [0.2, 0.25) is 0 Å². The number of urea groups is 1. The van der Waals surface area contributed by atoms with Gasteiger partial charge in [-0.2, -0.15) is 4.98 Å². The highest BCUT2D eigenvalue weighted by Gasteiger charge is 2.37. The number of amides is 2. The third-order valence-corrected chi connectivity index (χ3v) is 6.17. The highest BCUT2D eigenvalue weighted by Crippen LogP contribution is 2.40. The van der Waals surface area contributed by atoms with Crippen molar-refractivity contribution in [1.29, 1.82) is 0 Å². The Hall–Kier alpha value is -4.51. The second kappa shape index (κ2) is 10.3. The van der Waals surface area contributed by atoms with Gasteiger partial charge in [0.1, 0.15) is 17.2 Å². The van der Waals surface area contributed by atoms with Gasteiger partial charge in [-0.15, -0.1) is 13.2 Å². The molecule has 2 amide bonds. The van der Waals surface area contributed by atoms with Crippen molar-refractivity contribution < 1.29 is 27.4 Å². The van der Waals surface area contributed by atoms with Gasteiger partial charge in [0, 0.05) is 24.3 Å². The first-order valence-electron chi connectivity index (χ1n) is 11.6. The average molecular weight is 556 g/mol. The molecule has 0 atom stereocenters. The van der Waals surface area contributed by atoms with Crippen molar-refractivity contribution in [2.75, 3.05) is 11.9 Å². The number of ether oxygens (including phenoxy) is 2. The van der Waals surface area contributed by atoms with Crippen LogP contribution in [0.5, 0.6) is 17.5 Å². The SMILES string of the molecule is C=C1c2c(nc(Oc3cccc(OC(F)(F)F)c3)n2Cc2ccc(Cl)cc2)N(Cc2ccccn2)C(=O)N1C. The second-order valence-electron chi connectivity index (χ2n) is 8.60. The molecular weight excluding hydrogens is 535 g/mol. The first kappa shape index (κ1) is 26.1. The molecule has 2 aromatic heterocycles. The third-order valence-electron chi connectivity index (χ3n) is 5.91. The largest absolute Gasteiger partial charge is 0.573 e. The lowest BCUT2D eigenvalue weighted by Gasteiger charge is -2.33. The van der Waals surface area contributed by atoms with Crippen LogP contribution in [0.2, 0.25) is 5.02 Å². The van der Waals surface area contributed by atoms with E-state index in [0.717, 1.165) is 17.7 Å². The number of rotatable bonds is 7. The zero-order valence-corrected chi connectivity index (χ0v) is 21.3. The van der Waals surface area contributed by atoms with Crippen LogP contribution in [0.25, 0.3) is 5.70 Å². The minimum atomic E-state index is -4.86. The quantitative estimate of drug-likeness (QED) is 0.253. The summed E-state index contributed by atoms with van der Waals surface area (Å²) in [5.41, 5.74) is 2.34. The Balaban J connectivity index is 1.60. The molecule has 1 aliphatic heterocycles. The molecule has 0 saturated heterocycles. The number of aromatic nitrogens is 3. The second-order valence-corrected chi connectivity index (χ2v) is 9.04. The first-order valence-corrected chi connectivity index (χ1v) is 12.0. The summed E-state index contributed by atoms with van der Waals surface area (Å²) < 4.78 is 50.1. The van der Waals surface area contributed by atoms with Crippen molar-refractivity contribution in [3.8, 4) is 17.5 Å². The topological polar surface area (TPSA) is 72.7 Å². The van der Waals surface area contributed by atoms with E-state index in [9.17, 15) is 18.0 Å². The molecule has 2 aromatic carbocycles. The van der Waals surface area contributed by atoms with Crippen LogP contribution in [0.3, 0.4) is 0 Å². The molecule has 200 valence electrons. The summed E-state index contributed by atoms with van der Waals surface area (Å²) in [7, 11) is 1.59. The van der Waals surface area contributed by atoms with E-state index >= 15 is 0 Å². The standard InChI is InChI=1S/C27H21ClF3N5O3/c1-17-23-24(36(26(37)34(17)2)16-20-6-3-4-13-32-20)33-25(35(23)15-18-9-11-19(28)12-10-18)38-21-7-5-8-22(14-21)39-27(29,30)31/h3-14H,1,15-16H2,2H3. The van der Waals surface area contributed by atoms with Crippen LogP contribution in [-0.2, 0) is 13.1 Å². The van der Waals surface area contributed by atoms with Crippen LogP contribution in [0.4, 0.5) is 23.8 Å². The maximum absolute atomic E-state index is 13.3. The van der Waals surface area contributed by atoms with Crippen molar-refractivity contribution in [3.63, 3.8) is 0 Å². The molecule has 12 heteroatoms. The van der Waals surface area contributed by atoms with Crippen molar-refractivity contribution in [1.82, 2.24) is 19.4 Å². The Morgan fingerprint density at radius 1 is 1.00 bits per heavy atom. The number of halogens is 4. The summed E-state index contributed by atoms with van der Waals surface area (Å²) in [5, 5.41) is 0.556. The fourth-order valence-corrected chi connectivity index (χ4v) is 4.20. The predicted molar refractivity (Wildman–Crippen MR) is 139 cm³/mol. The number of fused-ring (bicyclic) bond motifs is 1. The van der Waals surface area contributed by atoms with Gasteiger partial charge in [0.15, 0.2) is 5.82 Å². The molecule has 0 spiro atoms. The zero-order valence-electron chi connectivity index (χ0n) is 20.5. The van der Waals surface area contributed by atoms with Crippen LogP contribution < -0.4 is 14.4 Å². The van der Waals surface area contributed by atoms with E-state index in [1.165, 1.54) is 21.9 Å². The maximum atomic E-state index is 13.3. The lowest BCUT2D eigenvalue weighted by Crippen LogP contribution is -2.44. The molecule has 0 radical (unpaired) electrons. The van der Waals surface area contributed by atoms with E-state index < -0.39 is 12.1 Å². The average Bonchev–Trinajstić information content (AvgIpc) is 3.24. The number of benzene rings is 2. The van der Waals surface area contributed by atoms with Gasteiger partial charge < -0.3 is 9.47 Å². The van der Waals surface area contributed by atoms with E-state index in [4.69, 9.17) is 16.3 Å². The van der Waals surface area contributed by atoms with Gasteiger partial charge in [-0.05, 0) is 42.0 Å². The molecule has 0 saturated carbocycles. The number of anilines is 1. The van der Waals surface area contributed by atoms with Gasteiger partial charge in [-0.1, -0.05) is 42.4 Å². The molecule has 1 aliphatic rings. The number of alkyl halides is 3. The molecule has 0 N–H and O–H groups in total. The molecule has 8 nitrogen and oxygen atoms in total. The number of hydrogen-bond donors (Lipinski definition) is 0. The summed E-state index contributed by atoms with van der Waals surface area (Å²) in [5.74, 6) is -0.116. The molecule has 0 bridgehead atoms. The van der Waals surface area contributed by atoms with Gasteiger partial charge in [-0.3, -0.25) is 19.4 Å². The number of carbonyl (C=O) groups is 1. The van der Waals surface area contributed by atoms with Gasteiger partial charge in [0.05, 0.1) is 24.5 Å². The molecule has 39 heavy (non-hydrogen) atoms. The van der Waals surface area contributed by atoms with Gasteiger partial charge >= 0.3 is 18.4 Å². The zero-order chi connectivity index (χ0) is 27.7. The molecule has 0 fully saturated rings. The minimum Gasteiger partial charge on any atom is -0.425 e. The summed E-state index contributed by atoms with van der Waals surface area (Å²) in [4.78, 5) is 25.1. The Morgan fingerprint density at radius 2 is 1.74 bits per heavy atom. The summed E-state index contributed by atoms with van der Waals surface area (Å²) in [6.45, 7) is 4.46. The fourth-order valence-electron chi connectivity index (χ4n) is 4.07. The maximum Gasteiger partial charge on any atom is 0.573 e. The molecular formula is C27H21ClF3N5O3. The van der Waals surface area contributed by atoms with Crippen molar-refractivity contribution in [2.24, 2.45) is 0 Å². The number of imidazole rings is 1. The van der Waals surface area contributed by atoms with E-state index in [0.29, 0.717) is 22.1 Å². The van der Waals surface area contributed by atoms with Gasteiger partial charge in [-0.25, -0.2) is 4.79 Å². The lowest BCUT2D eigenvalue weighted by molar-refractivity contribution is -0.274. The highest BCUT2D eigenvalue weighted by atomic mass is 35.5. The van der Waals surface area contributed by atoms with Gasteiger partial charge in [0.25, 0.3) is 0 Å². The van der Waals surface area contributed by atoms with E-state index in [1.54, 1.807) is 42.1 Å². The Morgan fingerprint density at radius 3 is 2.44 bits per heavy atom. The van der Waals surface area contributed by atoms with Crippen LogP contribution in [-0.4, -0.2) is 38.9 Å². The lowest BCUT2D eigenvalue weighted by atomic mass is 10.2. The monoisotopic (exact) mass is 555 g/mol. The van der Waals surface area contributed by atoms with E-state index in [2.05, 4.69) is 21.3 Å². The Labute approximate surface area is 226 Å². The number of nitrogens with zero attached hydrogens (tertiary/aromatic N) is 5. The van der Waals surface area contributed by atoms with Crippen molar-refractivity contribution >= 4 is 29.1 Å². The van der Waals surface area contributed by atoms with Crippen molar-refractivity contribution in [3.05, 3.63) is 101 Å². The van der Waals surface area contributed by atoms with Crippen LogP contribution in [0.15, 0.2) is 79.5 Å². The summed E-state index contributed by atoms with van der Waals surface area (Å²) in [6, 6.07) is 17.2. The summed E-state index contributed by atoms with van der Waals surface area (Å²) in [6.07, 6.45) is -3.24. The molecule has 4 aromatic rings. The number of carbonyl (C=O) groups excluding carboxylic acids is 1. The Bertz CT molecular complexity index is 1520. The minimum absolute atomic E-state index is 0.0365. The van der Waals surface area contributed by atoms with Crippen LogP contribution >= 0.6 is 11.6 Å². The van der Waals surface area contributed by atoms with E-state index in [1.807, 2.05) is 18.2 Å². The first-order chi connectivity index (χ1) is 18.6. The summed E-state index contributed by atoms with van der Waals surface area (Å²) >= 11 is 6.06. The predicted octanol–water partition coefficient (Wildman–Crippen LogP) is 6.71. The number of pyridine rings is 1. The molecule has 0 unspecified atom stereocenters. The van der Waals surface area contributed by atoms with E-state index in [-0.39, 0.29) is 36.7 Å². The smallest absolute Gasteiger partial charge is 0.425 e. The normalized spacial score (nSPS) is 13.5. The molecule has 3 heterocycles. The Kier molecular flexibility index (Phi) is 6.92. The third kappa shape index (κ3) is 5.68. The van der Waals surface area contributed by atoms with Crippen molar-refractivity contribution in [2.45, 2.75) is 19.5 Å². The highest BCUT2D eigenvalue weighted by molar-refractivity contribution is 6.30. The molecule has 5 rings (SSSR count). The van der Waals surface area contributed by atoms with Crippen LogP contribution in [0.1, 0.15) is 17.0 Å². The fraction of sp³-hybridized carbons (Fsp3) is 0.148. The van der Waals surface area contributed by atoms with Crippen LogP contribution in [0, 0.1) is 0 Å².